The van der Waals surface area contributed by atoms with Crippen molar-refractivity contribution in [3.8, 4) is 5.75 Å². The molecule has 0 saturated carbocycles. The third-order valence-electron chi connectivity index (χ3n) is 8.61. The van der Waals surface area contributed by atoms with Gasteiger partial charge in [0.05, 0.1) is 12.7 Å². The number of aromatic nitrogens is 1. The summed E-state index contributed by atoms with van der Waals surface area (Å²) in [5.41, 5.74) is 5.79. The predicted molar refractivity (Wildman–Crippen MR) is 155 cm³/mol. The maximum Gasteiger partial charge on any atom is 0.337 e. The van der Waals surface area contributed by atoms with E-state index >= 15 is 0 Å². The quantitative estimate of drug-likeness (QED) is 0.382. The number of nitrogens with zero attached hydrogens (tertiary/aromatic N) is 1. The zero-order chi connectivity index (χ0) is 27.8. The number of benzene rings is 2. The lowest BCUT2D eigenvalue weighted by Crippen LogP contribution is -2.37. The molecular formula is C33H37N3O4. The lowest BCUT2D eigenvalue weighted by molar-refractivity contribution is -0.144. The Morgan fingerprint density at radius 3 is 2.73 bits per heavy atom. The number of hydrogen-bond acceptors (Lipinski definition) is 6. The van der Waals surface area contributed by atoms with Crippen molar-refractivity contribution in [3.05, 3.63) is 88.4 Å². The summed E-state index contributed by atoms with van der Waals surface area (Å²) < 4.78 is 11.8. The van der Waals surface area contributed by atoms with E-state index in [0.29, 0.717) is 24.0 Å². The van der Waals surface area contributed by atoms with Crippen molar-refractivity contribution in [2.24, 2.45) is 0 Å². The summed E-state index contributed by atoms with van der Waals surface area (Å²) in [4.78, 5) is 33.7. The van der Waals surface area contributed by atoms with Crippen LogP contribution in [0.4, 0.5) is 0 Å². The fourth-order valence-corrected chi connectivity index (χ4v) is 6.83. The van der Waals surface area contributed by atoms with E-state index in [1.165, 1.54) is 0 Å². The van der Waals surface area contributed by atoms with E-state index < -0.39 is 5.92 Å². The number of allylic oxidation sites excluding steroid dienone is 3. The van der Waals surface area contributed by atoms with Crippen molar-refractivity contribution in [2.75, 3.05) is 26.7 Å². The molecule has 1 aromatic heterocycles. The Morgan fingerprint density at radius 2 is 1.90 bits per heavy atom. The largest absolute Gasteiger partial charge is 0.496 e. The highest BCUT2D eigenvalue weighted by Crippen LogP contribution is 2.48. The van der Waals surface area contributed by atoms with Crippen molar-refractivity contribution in [3.63, 3.8) is 0 Å². The number of hydrogen-bond donors (Lipinski definition) is 2. The zero-order valence-corrected chi connectivity index (χ0v) is 23.5. The van der Waals surface area contributed by atoms with Crippen LogP contribution in [0, 0.1) is 0 Å². The Kier molecular flexibility index (Phi) is 7.24. The number of carbonyl (C=O) groups is 2. The van der Waals surface area contributed by atoms with Crippen LogP contribution in [0.2, 0.25) is 0 Å². The molecule has 1 aliphatic carbocycles. The van der Waals surface area contributed by atoms with Crippen LogP contribution in [0.5, 0.6) is 5.75 Å². The average molecular weight is 540 g/mol. The predicted octanol–water partition coefficient (Wildman–Crippen LogP) is 5.57. The molecule has 2 aliphatic heterocycles. The number of H-pyrrole nitrogens is 1. The molecule has 40 heavy (non-hydrogen) atoms. The number of ether oxygens (including phenoxy) is 2. The van der Waals surface area contributed by atoms with Gasteiger partial charge in [-0.15, -0.1) is 0 Å². The van der Waals surface area contributed by atoms with Crippen molar-refractivity contribution in [1.29, 1.82) is 0 Å². The first-order valence-electron chi connectivity index (χ1n) is 14.3. The van der Waals surface area contributed by atoms with Crippen LogP contribution in [-0.4, -0.2) is 54.5 Å². The van der Waals surface area contributed by atoms with Crippen LogP contribution in [0.3, 0.4) is 0 Å². The first-order valence-corrected chi connectivity index (χ1v) is 14.3. The Balaban J connectivity index is 1.40. The van der Waals surface area contributed by atoms with Crippen LogP contribution in [0.25, 0.3) is 10.9 Å². The number of Topliss-reactive ketones (excluding diaryl/α,β-unsaturated/α-hetero) is 1. The smallest absolute Gasteiger partial charge is 0.337 e. The normalized spacial score (nSPS) is 23.4. The molecule has 3 atom stereocenters. The van der Waals surface area contributed by atoms with E-state index in [9.17, 15) is 9.59 Å². The van der Waals surface area contributed by atoms with Gasteiger partial charge in [0.1, 0.15) is 11.9 Å². The number of methoxy groups -OCH3 is 1. The molecule has 0 amide bonds. The average Bonchev–Trinajstić information content (AvgIpc) is 3.61. The van der Waals surface area contributed by atoms with Gasteiger partial charge in [-0.2, -0.15) is 0 Å². The van der Waals surface area contributed by atoms with Gasteiger partial charge < -0.3 is 19.8 Å². The second-order valence-electron chi connectivity index (χ2n) is 11.2. The molecule has 3 aromatic rings. The van der Waals surface area contributed by atoms with E-state index in [4.69, 9.17) is 9.47 Å². The molecule has 0 spiro atoms. The minimum Gasteiger partial charge on any atom is -0.496 e. The number of aromatic amines is 1. The second kappa shape index (κ2) is 11.0. The highest BCUT2D eigenvalue weighted by molar-refractivity contribution is 6.05. The maximum atomic E-state index is 14.1. The van der Waals surface area contributed by atoms with E-state index in [-0.39, 0.29) is 23.8 Å². The number of fused-ring (bicyclic) bond motifs is 1. The van der Waals surface area contributed by atoms with Crippen LogP contribution < -0.4 is 10.1 Å². The summed E-state index contributed by atoms with van der Waals surface area (Å²) in [6.07, 6.45) is 4.69. The molecule has 0 bridgehead atoms. The van der Waals surface area contributed by atoms with E-state index in [0.717, 1.165) is 71.6 Å². The molecule has 2 aromatic carbocycles. The van der Waals surface area contributed by atoms with E-state index in [1.807, 2.05) is 61.7 Å². The Morgan fingerprint density at radius 1 is 1.07 bits per heavy atom. The fourth-order valence-electron chi connectivity index (χ4n) is 6.83. The number of nitrogens with one attached hydrogen (secondary N) is 2. The number of para-hydroxylation sites is 1. The Labute approximate surface area is 235 Å². The Bertz CT molecular complexity index is 1520. The molecule has 7 nitrogen and oxygen atoms in total. The van der Waals surface area contributed by atoms with Gasteiger partial charge in [0.2, 0.25) is 0 Å². The van der Waals surface area contributed by atoms with Gasteiger partial charge in [0, 0.05) is 65.4 Å². The van der Waals surface area contributed by atoms with E-state index in [1.54, 1.807) is 7.11 Å². The highest BCUT2D eigenvalue weighted by Gasteiger charge is 2.43. The van der Waals surface area contributed by atoms with Gasteiger partial charge in [-0.1, -0.05) is 37.3 Å². The van der Waals surface area contributed by atoms with Crippen molar-refractivity contribution >= 4 is 22.7 Å². The second-order valence-corrected chi connectivity index (χ2v) is 11.2. The van der Waals surface area contributed by atoms with Crippen molar-refractivity contribution in [2.45, 2.75) is 57.5 Å². The number of esters is 1. The lowest BCUT2D eigenvalue weighted by Gasteiger charge is -2.37. The third-order valence-corrected chi connectivity index (χ3v) is 8.61. The summed E-state index contributed by atoms with van der Waals surface area (Å²) in [6.45, 7) is 6.79. The molecule has 7 heteroatoms. The van der Waals surface area contributed by atoms with Gasteiger partial charge in [-0.25, -0.2) is 4.79 Å². The summed E-state index contributed by atoms with van der Waals surface area (Å²) >= 11 is 0. The standard InChI is InChI=1S/C33H37N3O4/c1-4-15-36-16-13-22(19-36)40-33(38)30-20(2)35-27-17-21(23-8-5-6-11-29(23)39-3)18-28(37)32(27)31(30)25-9-7-10-26-24(25)12-14-34-26/h5-12,14,21-22,31,34-35H,4,13,15-19H2,1-3H3/t21-,22+,31?/m1/s1. The lowest BCUT2D eigenvalue weighted by atomic mass is 9.71. The molecular weight excluding hydrogens is 502 g/mol. The first-order chi connectivity index (χ1) is 19.5. The molecule has 1 fully saturated rings. The summed E-state index contributed by atoms with van der Waals surface area (Å²) in [7, 11) is 1.66. The summed E-state index contributed by atoms with van der Waals surface area (Å²) in [5.74, 6) is -0.00320. The topological polar surface area (TPSA) is 83.7 Å². The van der Waals surface area contributed by atoms with Crippen LogP contribution >= 0.6 is 0 Å². The monoisotopic (exact) mass is 539 g/mol. The van der Waals surface area contributed by atoms with Gasteiger partial charge in [0.15, 0.2) is 5.78 Å². The number of ketones is 1. The SMILES string of the molecule is CCCN1CC[C@H](OC(=O)C2=C(C)NC3=C(C(=O)C[C@H](c4ccccc4OC)C3)C2c2cccc3[nH]ccc23)C1. The number of dihydropyridines is 1. The molecule has 1 unspecified atom stereocenters. The van der Waals surface area contributed by atoms with Gasteiger partial charge in [0.25, 0.3) is 0 Å². The Hall–Kier alpha value is -3.84. The van der Waals surface area contributed by atoms with Gasteiger partial charge >= 0.3 is 5.97 Å². The maximum absolute atomic E-state index is 14.1. The molecule has 3 aliphatic rings. The van der Waals surface area contributed by atoms with E-state index in [2.05, 4.69) is 22.1 Å². The third kappa shape index (κ3) is 4.73. The number of carbonyl (C=O) groups excluding carboxylic acids is 2. The molecule has 2 N–H and O–H groups in total. The molecule has 3 heterocycles. The van der Waals surface area contributed by atoms with Crippen LogP contribution in [0.1, 0.15) is 62.5 Å². The molecule has 1 saturated heterocycles. The van der Waals surface area contributed by atoms with Crippen molar-refractivity contribution in [1.82, 2.24) is 15.2 Å². The fraction of sp³-hybridized carbons (Fsp3) is 0.394. The number of likely N-dealkylation sites (tertiary alicyclic amines) is 1. The van der Waals surface area contributed by atoms with Crippen LogP contribution in [-0.2, 0) is 14.3 Å². The molecule has 208 valence electrons. The van der Waals surface area contributed by atoms with Crippen molar-refractivity contribution < 1.29 is 19.1 Å². The van der Waals surface area contributed by atoms with Gasteiger partial charge in [-0.3, -0.25) is 9.69 Å². The highest BCUT2D eigenvalue weighted by atomic mass is 16.5. The summed E-state index contributed by atoms with van der Waals surface area (Å²) in [6, 6.07) is 16.0. The van der Waals surface area contributed by atoms with Crippen LogP contribution in [0.15, 0.2) is 77.3 Å². The summed E-state index contributed by atoms with van der Waals surface area (Å²) in [5, 5.41) is 4.50. The first kappa shape index (κ1) is 26.4. The van der Waals surface area contributed by atoms with Gasteiger partial charge in [-0.05, 0) is 62.1 Å². The number of rotatable bonds is 7. The molecule has 6 rings (SSSR count). The zero-order valence-electron chi connectivity index (χ0n) is 23.5. The minimum absolute atomic E-state index is 0.0112. The molecule has 0 radical (unpaired) electrons. The minimum atomic E-state index is -0.498.